The van der Waals surface area contributed by atoms with Crippen LogP contribution < -0.4 is 11.5 Å². The van der Waals surface area contributed by atoms with E-state index in [4.69, 9.17) is 30.4 Å². The van der Waals surface area contributed by atoms with Crippen molar-refractivity contribution in [3.8, 4) is 0 Å². The standard InChI is InChI=1S/C33H46N2O4/c1-5-29(15-36-16-29)24-14-25(33(34,35)23-12-10-9-11-13-23)27(31(7-3)19-38-20-31)28(32(8-4)21-39-22-32)26(24)30(6-2)17-37-18-30/h9-14H,5-8,15-22,34-35H2,1-4H3. The van der Waals surface area contributed by atoms with Gasteiger partial charge >= 0.3 is 0 Å². The van der Waals surface area contributed by atoms with Gasteiger partial charge in [0.05, 0.1) is 52.9 Å². The van der Waals surface area contributed by atoms with E-state index in [1.807, 2.05) is 18.2 Å². The third kappa shape index (κ3) is 3.75. The van der Waals surface area contributed by atoms with E-state index in [2.05, 4.69) is 45.9 Å². The number of hydrogen-bond acceptors (Lipinski definition) is 6. The fraction of sp³-hybridized carbons (Fsp3) is 0.636. The summed E-state index contributed by atoms with van der Waals surface area (Å²) in [7, 11) is 0. The van der Waals surface area contributed by atoms with Crippen LogP contribution in [0.1, 0.15) is 86.8 Å². The Kier molecular flexibility index (Phi) is 6.77. The first-order valence-electron chi connectivity index (χ1n) is 14.9. The maximum atomic E-state index is 7.30. The summed E-state index contributed by atoms with van der Waals surface area (Å²) in [4.78, 5) is 0. The largest absolute Gasteiger partial charge is 0.379 e. The Balaban J connectivity index is 1.78. The first-order valence-corrected chi connectivity index (χ1v) is 14.9. The van der Waals surface area contributed by atoms with Crippen LogP contribution in [0.25, 0.3) is 0 Å². The first kappa shape index (κ1) is 27.4. The highest BCUT2D eigenvalue weighted by molar-refractivity contribution is 5.63. The van der Waals surface area contributed by atoms with Crippen molar-refractivity contribution in [2.24, 2.45) is 11.5 Å². The SMILES string of the molecule is CCC1(c2cc(C(N)(N)c3ccccc3)c(C3(CC)COC3)c(C3(CC)COC3)c2C2(CC)COC2)COC1. The second-order valence-electron chi connectivity index (χ2n) is 12.8. The van der Waals surface area contributed by atoms with Gasteiger partial charge in [-0.2, -0.15) is 0 Å². The summed E-state index contributed by atoms with van der Waals surface area (Å²) in [5.74, 6) is 0. The summed E-state index contributed by atoms with van der Waals surface area (Å²) < 4.78 is 24.0. The minimum Gasteiger partial charge on any atom is -0.379 e. The molecule has 39 heavy (non-hydrogen) atoms. The number of nitrogens with two attached hydrogens (primary N) is 2. The molecule has 212 valence electrons. The van der Waals surface area contributed by atoms with Crippen molar-refractivity contribution in [2.45, 2.75) is 80.7 Å². The molecule has 0 spiro atoms. The van der Waals surface area contributed by atoms with Crippen LogP contribution in [0.2, 0.25) is 0 Å². The molecule has 0 bridgehead atoms. The smallest absolute Gasteiger partial charge is 0.117 e. The lowest BCUT2D eigenvalue weighted by Gasteiger charge is -2.56. The lowest BCUT2D eigenvalue weighted by molar-refractivity contribution is -0.0882. The zero-order chi connectivity index (χ0) is 27.5. The van der Waals surface area contributed by atoms with Crippen LogP contribution in [-0.2, 0) is 46.3 Å². The molecule has 0 unspecified atom stereocenters. The molecule has 0 saturated carbocycles. The van der Waals surface area contributed by atoms with Gasteiger partial charge in [0.1, 0.15) is 5.66 Å². The molecular weight excluding hydrogens is 488 g/mol. The molecule has 6 nitrogen and oxygen atoms in total. The Morgan fingerprint density at radius 3 is 1.38 bits per heavy atom. The predicted molar refractivity (Wildman–Crippen MR) is 153 cm³/mol. The molecule has 0 aliphatic carbocycles. The van der Waals surface area contributed by atoms with E-state index < -0.39 is 5.66 Å². The van der Waals surface area contributed by atoms with E-state index >= 15 is 0 Å². The Hall–Kier alpha value is -1.80. The van der Waals surface area contributed by atoms with E-state index in [1.54, 1.807) is 0 Å². The van der Waals surface area contributed by atoms with Gasteiger partial charge in [0.2, 0.25) is 0 Å². The van der Waals surface area contributed by atoms with Gasteiger partial charge in [-0.25, -0.2) is 0 Å². The Morgan fingerprint density at radius 1 is 0.590 bits per heavy atom. The Labute approximate surface area is 233 Å². The lowest BCUT2D eigenvalue weighted by Crippen LogP contribution is -2.60. The van der Waals surface area contributed by atoms with Gasteiger partial charge in [0, 0.05) is 21.7 Å². The van der Waals surface area contributed by atoms with E-state index in [-0.39, 0.29) is 21.7 Å². The first-order chi connectivity index (χ1) is 18.8. The van der Waals surface area contributed by atoms with Gasteiger partial charge in [-0.15, -0.1) is 0 Å². The highest BCUT2D eigenvalue weighted by Gasteiger charge is 2.57. The third-order valence-electron chi connectivity index (χ3n) is 10.9. The Bertz CT molecular complexity index is 1190. The van der Waals surface area contributed by atoms with Crippen molar-refractivity contribution >= 4 is 0 Å². The normalized spacial score (nSPS) is 24.2. The average molecular weight is 535 g/mol. The van der Waals surface area contributed by atoms with Gasteiger partial charge in [-0.1, -0.05) is 64.1 Å². The second kappa shape index (κ2) is 9.64. The summed E-state index contributed by atoms with van der Waals surface area (Å²) in [6.45, 7) is 14.9. The van der Waals surface area contributed by atoms with E-state index in [0.29, 0.717) is 13.2 Å². The molecule has 4 aliphatic heterocycles. The van der Waals surface area contributed by atoms with E-state index in [1.165, 1.54) is 22.3 Å². The van der Waals surface area contributed by atoms with Crippen LogP contribution in [0.15, 0.2) is 36.4 Å². The van der Waals surface area contributed by atoms with E-state index in [9.17, 15) is 0 Å². The molecule has 6 heteroatoms. The molecule has 2 aromatic rings. The molecule has 4 N–H and O–H groups in total. The van der Waals surface area contributed by atoms with Crippen molar-refractivity contribution < 1.29 is 18.9 Å². The maximum absolute atomic E-state index is 7.30. The highest BCUT2D eigenvalue weighted by Crippen LogP contribution is 2.56. The molecule has 6 rings (SSSR count). The van der Waals surface area contributed by atoms with Gasteiger partial charge in [0.25, 0.3) is 0 Å². The van der Waals surface area contributed by atoms with Crippen LogP contribution in [0, 0.1) is 0 Å². The lowest BCUT2D eigenvalue weighted by atomic mass is 9.55. The zero-order valence-electron chi connectivity index (χ0n) is 24.2. The number of rotatable bonds is 10. The molecule has 4 fully saturated rings. The Morgan fingerprint density at radius 2 is 1.00 bits per heavy atom. The summed E-state index contributed by atoms with van der Waals surface area (Å²) in [5.41, 5.74) is 20.7. The fourth-order valence-electron chi connectivity index (χ4n) is 7.45. The summed E-state index contributed by atoms with van der Waals surface area (Å²) in [6.07, 6.45) is 4.00. The molecule has 0 atom stereocenters. The van der Waals surface area contributed by atoms with Crippen molar-refractivity contribution in [2.75, 3.05) is 52.9 Å². The second-order valence-corrected chi connectivity index (χ2v) is 12.8. The third-order valence-corrected chi connectivity index (χ3v) is 10.9. The summed E-state index contributed by atoms with van der Waals surface area (Å²) in [5, 5.41) is 0. The van der Waals surface area contributed by atoms with Gasteiger partial charge in [-0.3, -0.25) is 0 Å². The maximum Gasteiger partial charge on any atom is 0.117 e. The highest BCUT2D eigenvalue weighted by atomic mass is 16.5. The molecule has 4 aliphatic rings. The molecule has 0 radical (unpaired) electrons. The van der Waals surface area contributed by atoms with E-state index in [0.717, 1.165) is 76.5 Å². The van der Waals surface area contributed by atoms with Gasteiger partial charge in [0.15, 0.2) is 0 Å². The zero-order valence-corrected chi connectivity index (χ0v) is 24.2. The molecular formula is C33H46N2O4. The van der Waals surface area contributed by atoms with Crippen molar-refractivity contribution in [1.82, 2.24) is 0 Å². The molecule has 0 aromatic heterocycles. The fourth-order valence-corrected chi connectivity index (χ4v) is 7.45. The molecule has 4 heterocycles. The predicted octanol–water partition coefficient (Wildman–Crippen LogP) is 4.52. The average Bonchev–Trinajstić information content (AvgIpc) is 2.85. The van der Waals surface area contributed by atoms with Crippen LogP contribution in [0.4, 0.5) is 0 Å². The van der Waals surface area contributed by atoms with Gasteiger partial charge in [-0.05, 0) is 59.1 Å². The molecule has 0 amide bonds. The minimum atomic E-state index is -1.16. The van der Waals surface area contributed by atoms with Crippen LogP contribution in [-0.4, -0.2) is 52.9 Å². The van der Waals surface area contributed by atoms with Gasteiger partial charge < -0.3 is 30.4 Å². The summed E-state index contributed by atoms with van der Waals surface area (Å²) >= 11 is 0. The summed E-state index contributed by atoms with van der Waals surface area (Å²) in [6, 6.07) is 12.6. The molecule has 2 aromatic carbocycles. The van der Waals surface area contributed by atoms with Crippen LogP contribution in [0.3, 0.4) is 0 Å². The van der Waals surface area contributed by atoms with Crippen molar-refractivity contribution in [3.05, 3.63) is 69.8 Å². The van der Waals surface area contributed by atoms with Crippen LogP contribution in [0.5, 0.6) is 0 Å². The van der Waals surface area contributed by atoms with Crippen molar-refractivity contribution in [3.63, 3.8) is 0 Å². The number of ether oxygens (including phenoxy) is 4. The monoisotopic (exact) mass is 534 g/mol. The quantitative estimate of drug-likeness (QED) is 0.436. The topological polar surface area (TPSA) is 89.0 Å². The number of hydrogen-bond donors (Lipinski definition) is 2. The molecule has 4 saturated heterocycles. The minimum absolute atomic E-state index is 0.0361. The van der Waals surface area contributed by atoms with Crippen molar-refractivity contribution in [1.29, 1.82) is 0 Å². The number of benzene rings is 2. The van der Waals surface area contributed by atoms with Crippen LogP contribution >= 0.6 is 0 Å².